The lowest BCUT2D eigenvalue weighted by molar-refractivity contribution is 0.111. The Labute approximate surface area is 108 Å². The summed E-state index contributed by atoms with van der Waals surface area (Å²) in [7, 11) is 0. The molecule has 3 heteroatoms. The van der Waals surface area contributed by atoms with Crippen molar-refractivity contribution in [2.45, 2.75) is 39.5 Å². The number of carbonyl (C=O) groups is 1. The third kappa shape index (κ3) is 3.47. The average Bonchev–Trinajstić information content (AvgIpc) is 2.25. The summed E-state index contributed by atoms with van der Waals surface area (Å²) in [4.78, 5) is 11.1. The van der Waals surface area contributed by atoms with Gasteiger partial charge in [-0.25, -0.2) is 0 Å². The van der Waals surface area contributed by atoms with Gasteiger partial charge in [0.2, 0.25) is 0 Å². The number of hydrogen-bond donors (Lipinski definition) is 0. The van der Waals surface area contributed by atoms with E-state index in [4.69, 9.17) is 16.3 Å². The molecule has 0 aromatic heterocycles. The van der Waals surface area contributed by atoms with Crippen molar-refractivity contribution in [3.05, 3.63) is 28.3 Å². The smallest absolute Gasteiger partial charge is 0.153 e. The summed E-state index contributed by atoms with van der Waals surface area (Å²) in [5.41, 5.74) is 1.52. The predicted octanol–water partition coefficient (Wildman–Crippen LogP) is 4.24. The summed E-state index contributed by atoms with van der Waals surface area (Å²) >= 11 is 6.17. The fourth-order valence-corrected chi connectivity index (χ4v) is 1.77. The summed E-state index contributed by atoms with van der Waals surface area (Å²) in [6, 6.07) is 3.73. The largest absolute Gasteiger partial charge is 0.491 e. The summed E-state index contributed by atoms with van der Waals surface area (Å²) in [5, 5.41) is 0.507. The highest BCUT2D eigenvalue weighted by Crippen LogP contribution is 2.34. The van der Waals surface area contributed by atoms with Gasteiger partial charge >= 0.3 is 0 Å². The van der Waals surface area contributed by atoms with E-state index >= 15 is 0 Å². The first-order chi connectivity index (χ1) is 7.90. The fourth-order valence-electron chi connectivity index (χ4n) is 1.49. The molecule has 2 nitrogen and oxygen atoms in total. The third-order valence-electron chi connectivity index (χ3n) is 2.52. The number of benzene rings is 1. The Kier molecular flexibility index (Phi) is 4.58. The second-order valence-electron chi connectivity index (χ2n) is 5.09. The minimum absolute atomic E-state index is 0.0370. The van der Waals surface area contributed by atoms with Crippen LogP contribution in [0.2, 0.25) is 5.02 Å². The molecular formula is C14H19ClO2. The third-order valence-corrected chi connectivity index (χ3v) is 2.80. The van der Waals surface area contributed by atoms with Gasteiger partial charge in [-0.3, -0.25) is 4.79 Å². The topological polar surface area (TPSA) is 26.3 Å². The molecule has 1 aromatic carbocycles. The van der Waals surface area contributed by atoms with Gasteiger partial charge in [0.05, 0.1) is 17.2 Å². The maximum Gasteiger partial charge on any atom is 0.153 e. The van der Waals surface area contributed by atoms with Crippen LogP contribution in [0.5, 0.6) is 5.75 Å². The Morgan fingerprint density at radius 1 is 1.35 bits per heavy atom. The molecule has 94 valence electrons. The quantitative estimate of drug-likeness (QED) is 0.752. The molecule has 17 heavy (non-hydrogen) atoms. The second-order valence-corrected chi connectivity index (χ2v) is 5.50. The van der Waals surface area contributed by atoms with Crippen LogP contribution >= 0.6 is 11.6 Å². The molecule has 0 radical (unpaired) electrons. The van der Waals surface area contributed by atoms with E-state index in [1.807, 2.05) is 19.1 Å². The van der Waals surface area contributed by atoms with E-state index in [1.54, 1.807) is 0 Å². The van der Waals surface area contributed by atoms with Gasteiger partial charge in [-0.05, 0) is 29.5 Å². The fraction of sp³-hybridized carbons (Fsp3) is 0.500. The molecule has 0 aliphatic rings. The van der Waals surface area contributed by atoms with Crippen molar-refractivity contribution in [3.63, 3.8) is 0 Å². The minimum Gasteiger partial charge on any atom is -0.491 e. The van der Waals surface area contributed by atoms with E-state index in [1.165, 1.54) is 0 Å². The van der Waals surface area contributed by atoms with Gasteiger partial charge in [0.15, 0.2) is 6.29 Å². The number of aldehydes is 1. The highest BCUT2D eigenvalue weighted by atomic mass is 35.5. The van der Waals surface area contributed by atoms with Crippen molar-refractivity contribution in [1.82, 2.24) is 0 Å². The highest BCUT2D eigenvalue weighted by molar-refractivity contribution is 6.32. The molecule has 0 unspecified atom stereocenters. The zero-order chi connectivity index (χ0) is 13.1. The molecule has 0 atom stereocenters. The van der Waals surface area contributed by atoms with Crippen LogP contribution in [0.25, 0.3) is 0 Å². The van der Waals surface area contributed by atoms with Gasteiger partial charge in [-0.1, -0.05) is 39.3 Å². The Hall–Kier alpha value is -1.02. The van der Waals surface area contributed by atoms with Crippen LogP contribution in [0.1, 0.15) is 50.0 Å². The van der Waals surface area contributed by atoms with E-state index in [-0.39, 0.29) is 5.41 Å². The van der Waals surface area contributed by atoms with Crippen LogP contribution in [-0.4, -0.2) is 12.9 Å². The monoisotopic (exact) mass is 254 g/mol. The number of halogens is 1. The number of rotatable bonds is 4. The molecule has 0 bridgehead atoms. The van der Waals surface area contributed by atoms with Crippen molar-refractivity contribution >= 4 is 17.9 Å². The zero-order valence-corrected chi connectivity index (χ0v) is 11.6. The van der Waals surface area contributed by atoms with Crippen molar-refractivity contribution in [3.8, 4) is 5.75 Å². The van der Waals surface area contributed by atoms with Gasteiger partial charge in [-0.15, -0.1) is 0 Å². The first-order valence-corrected chi connectivity index (χ1v) is 6.20. The first-order valence-electron chi connectivity index (χ1n) is 5.82. The summed E-state index contributed by atoms with van der Waals surface area (Å²) in [6.45, 7) is 8.83. The standard InChI is InChI=1S/C14H19ClO2/c1-5-6-17-13-10(9-16)7-11(8-12(13)15)14(2,3)4/h7-9H,5-6H2,1-4H3. The molecule has 0 heterocycles. The Morgan fingerprint density at radius 2 is 2.00 bits per heavy atom. The van der Waals surface area contributed by atoms with Crippen LogP contribution in [-0.2, 0) is 5.41 Å². The zero-order valence-electron chi connectivity index (χ0n) is 10.8. The Balaban J connectivity index is 3.21. The molecule has 0 saturated heterocycles. The number of carbonyl (C=O) groups excluding carboxylic acids is 1. The van der Waals surface area contributed by atoms with E-state index < -0.39 is 0 Å². The van der Waals surface area contributed by atoms with E-state index in [0.717, 1.165) is 18.3 Å². The van der Waals surface area contributed by atoms with Gasteiger partial charge in [0, 0.05) is 0 Å². The highest BCUT2D eigenvalue weighted by Gasteiger charge is 2.18. The summed E-state index contributed by atoms with van der Waals surface area (Å²) < 4.78 is 5.51. The molecule has 0 aliphatic carbocycles. The van der Waals surface area contributed by atoms with Gasteiger partial charge < -0.3 is 4.74 Å². The van der Waals surface area contributed by atoms with Crippen LogP contribution < -0.4 is 4.74 Å². The molecule has 0 aliphatic heterocycles. The lowest BCUT2D eigenvalue weighted by Gasteiger charge is -2.21. The molecule has 0 fully saturated rings. The van der Waals surface area contributed by atoms with Crippen LogP contribution in [0.15, 0.2) is 12.1 Å². The lowest BCUT2D eigenvalue weighted by atomic mass is 9.86. The predicted molar refractivity (Wildman–Crippen MR) is 71.3 cm³/mol. The number of hydrogen-bond acceptors (Lipinski definition) is 2. The van der Waals surface area contributed by atoms with E-state index in [2.05, 4.69) is 20.8 Å². The van der Waals surface area contributed by atoms with Crippen LogP contribution in [0.3, 0.4) is 0 Å². The van der Waals surface area contributed by atoms with Gasteiger partial charge in [0.25, 0.3) is 0 Å². The van der Waals surface area contributed by atoms with Crippen LogP contribution in [0.4, 0.5) is 0 Å². The van der Waals surface area contributed by atoms with E-state index in [0.29, 0.717) is 22.9 Å². The SMILES string of the molecule is CCCOc1c(Cl)cc(C(C)(C)C)cc1C=O. The van der Waals surface area contributed by atoms with Crippen LogP contribution in [0, 0.1) is 0 Å². The second kappa shape index (κ2) is 5.54. The van der Waals surface area contributed by atoms with Gasteiger partial charge in [0.1, 0.15) is 5.75 Å². The molecule has 1 rings (SSSR count). The minimum atomic E-state index is -0.0370. The Bertz CT molecular complexity index is 405. The molecular weight excluding hydrogens is 236 g/mol. The average molecular weight is 255 g/mol. The maximum atomic E-state index is 11.1. The summed E-state index contributed by atoms with van der Waals surface area (Å²) in [5.74, 6) is 0.497. The number of ether oxygens (including phenoxy) is 1. The first kappa shape index (κ1) is 14.0. The normalized spacial score (nSPS) is 11.4. The molecule has 0 amide bonds. The lowest BCUT2D eigenvalue weighted by Crippen LogP contribution is -2.12. The van der Waals surface area contributed by atoms with Crippen molar-refractivity contribution in [1.29, 1.82) is 0 Å². The molecule has 0 N–H and O–H groups in total. The van der Waals surface area contributed by atoms with Gasteiger partial charge in [-0.2, -0.15) is 0 Å². The summed E-state index contributed by atoms with van der Waals surface area (Å²) in [6.07, 6.45) is 1.68. The molecule has 0 spiro atoms. The van der Waals surface area contributed by atoms with Crippen molar-refractivity contribution in [2.75, 3.05) is 6.61 Å². The molecule has 0 saturated carbocycles. The van der Waals surface area contributed by atoms with Crippen molar-refractivity contribution in [2.24, 2.45) is 0 Å². The molecule has 1 aromatic rings. The Morgan fingerprint density at radius 3 is 2.47 bits per heavy atom. The van der Waals surface area contributed by atoms with E-state index in [9.17, 15) is 4.79 Å². The van der Waals surface area contributed by atoms with Crippen molar-refractivity contribution < 1.29 is 9.53 Å². The maximum absolute atomic E-state index is 11.1.